The van der Waals surface area contributed by atoms with Crippen LogP contribution in [0.4, 0.5) is 0 Å². The Morgan fingerprint density at radius 2 is 2.00 bits per heavy atom. The Kier molecular flexibility index (Phi) is 0.657. The molecule has 0 aliphatic rings. The lowest BCUT2D eigenvalue weighted by atomic mass is 9.85. The molecule has 0 saturated heterocycles. The summed E-state index contributed by atoms with van der Waals surface area (Å²) in [7, 11) is 0. The molecule has 0 radical (unpaired) electrons. The van der Waals surface area contributed by atoms with Crippen LogP contribution in [0.1, 0.15) is 69.3 Å². The van der Waals surface area contributed by atoms with Gasteiger partial charge in [-0.25, -0.2) is 0 Å². The molecule has 0 N–H and O–H groups in total. The maximum Gasteiger partial charge on any atom is 0.0629 e. The molecule has 1 rings (SSSR count). The first-order valence-electron chi connectivity index (χ1n) is 10.4. The summed E-state index contributed by atoms with van der Waals surface area (Å²) in [4.78, 5) is 0. The van der Waals surface area contributed by atoms with Crippen molar-refractivity contribution in [1.29, 1.82) is 0 Å². The topological polar surface area (TPSA) is 0 Å². The van der Waals surface area contributed by atoms with Crippen molar-refractivity contribution in [2.45, 2.75) is 45.7 Å². The average Bonchev–Trinajstić information content (AvgIpc) is 2.36. The molecule has 13 heavy (non-hydrogen) atoms. The van der Waals surface area contributed by atoms with Gasteiger partial charge in [0, 0.05) is 12.3 Å². The zero-order valence-electron chi connectivity index (χ0n) is 20.6. The molecule has 1 aromatic rings. The summed E-state index contributed by atoms with van der Waals surface area (Å²) in [6.45, 7) is -7.79. The summed E-state index contributed by atoms with van der Waals surface area (Å²) in [5.41, 5.74) is -4.75. The molecular weight excluding hydrogens is 156 g/mol. The fourth-order valence-corrected chi connectivity index (χ4v) is 0.834. The molecule has 1 aromatic carbocycles. The van der Waals surface area contributed by atoms with Crippen molar-refractivity contribution in [3.8, 4) is 0 Å². The minimum atomic E-state index is -3.63. The third kappa shape index (κ3) is 2.58. The monoisotopic (exact) mass is 189 g/mol. The van der Waals surface area contributed by atoms with E-state index >= 15 is 0 Å². The lowest BCUT2D eigenvalue weighted by molar-refractivity contribution is 0.588. The standard InChI is InChI=1S/C13H20/c1-10(2)11-7-6-8-12(9-11)13(3,4)5/h6-10H,1-5H3/i3D3,4D3,5D3,6D,7D,8D,9D. The van der Waals surface area contributed by atoms with E-state index in [1.54, 1.807) is 13.8 Å². The second-order valence-electron chi connectivity index (χ2n) is 3.19. The molecule has 0 heterocycles. The first-order valence-corrected chi connectivity index (χ1v) is 3.94. The number of hydrogen-bond acceptors (Lipinski definition) is 0. The van der Waals surface area contributed by atoms with E-state index in [4.69, 9.17) is 17.8 Å². The summed E-state index contributed by atoms with van der Waals surface area (Å²) in [6.07, 6.45) is 0. The highest BCUT2D eigenvalue weighted by Gasteiger charge is 2.13. The molecule has 0 fully saturated rings. The fourth-order valence-electron chi connectivity index (χ4n) is 0.834. The van der Waals surface area contributed by atoms with E-state index in [-0.39, 0.29) is 5.56 Å². The second-order valence-corrected chi connectivity index (χ2v) is 3.19. The van der Waals surface area contributed by atoms with Crippen LogP contribution in [0.2, 0.25) is 0 Å². The molecule has 0 heteroatoms. The molecule has 72 valence electrons. The lowest BCUT2D eigenvalue weighted by Crippen LogP contribution is -2.11. The van der Waals surface area contributed by atoms with E-state index in [0.29, 0.717) is 0 Å². The van der Waals surface area contributed by atoms with E-state index in [0.717, 1.165) is 0 Å². The molecule has 0 amide bonds. The molecule has 0 saturated carbocycles. The van der Waals surface area contributed by atoms with Crippen LogP contribution in [-0.4, -0.2) is 0 Å². The van der Waals surface area contributed by atoms with Gasteiger partial charge >= 0.3 is 0 Å². The third-order valence-electron chi connectivity index (χ3n) is 1.60. The third-order valence-corrected chi connectivity index (χ3v) is 1.60. The fraction of sp³-hybridized carbons (Fsp3) is 0.538. The van der Waals surface area contributed by atoms with Crippen LogP contribution in [0.25, 0.3) is 0 Å². The van der Waals surface area contributed by atoms with Crippen LogP contribution in [-0.2, 0) is 5.41 Å². The van der Waals surface area contributed by atoms with Crippen molar-refractivity contribution in [1.82, 2.24) is 0 Å². The highest BCUT2D eigenvalue weighted by atomic mass is 14.2. The first kappa shape index (κ1) is 2.42. The molecule has 0 nitrogen and oxygen atoms in total. The van der Waals surface area contributed by atoms with Gasteiger partial charge < -0.3 is 0 Å². The van der Waals surface area contributed by atoms with Crippen molar-refractivity contribution < 1.29 is 17.8 Å². The average molecular weight is 189 g/mol. The summed E-state index contributed by atoms with van der Waals surface area (Å²) < 4.78 is 102. The van der Waals surface area contributed by atoms with E-state index < -0.39 is 61.6 Å². The van der Waals surface area contributed by atoms with Gasteiger partial charge in [0.1, 0.15) is 0 Å². The van der Waals surface area contributed by atoms with Crippen molar-refractivity contribution >= 4 is 0 Å². The van der Waals surface area contributed by atoms with E-state index in [2.05, 4.69) is 0 Å². The zero-order chi connectivity index (χ0) is 21.0. The van der Waals surface area contributed by atoms with Gasteiger partial charge in [-0.15, -0.1) is 0 Å². The summed E-state index contributed by atoms with van der Waals surface area (Å²) in [5.74, 6) is -0.582. The molecule has 0 aliphatic carbocycles. The van der Waals surface area contributed by atoms with Crippen LogP contribution < -0.4 is 0 Å². The minimum absolute atomic E-state index is 0.164. The van der Waals surface area contributed by atoms with Crippen molar-refractivity contribution in [2.75, 3.05) is 0 Å². The lowest BCUT2D eigenvalue weighted by Gasteiger charge is -2.20. The predicted octanol–water partition coefficient (Wildman–Crippen LogP) is 4.11. The smallest absolute Gasteiger partial charge is 0.0617 e. The largest absolute Gasteiger partial charge is 0.0629 e. The van der Waals surface area contributed by atoms with Gasteiger partial charge in [-0.05, 0) is 22.5 Å². The molecule has 0 spiro atoms. The predicted molar refractivity (Wildman–Crippen MR) is 59.2 cm³/mol. The van der Waals surface area contributed by atoms with E-state index in [1.807, 2.05) is 0 Å². The van der Waals surface area contributed by atoms with Gasteiger partial charge in [0.2, 0.25) is 0 Å². The minimum Gasteiger partial charge on any atom is -0.0617 e. The van der Waals surface area contributed by atoms with Crippen LogP contribution in [0, 0.1) is 0 Å². The Labute approximate surface area is 100 Å². The molecule has 0 atom stereocenters. The SMILES string of the molecule is [2H]c1c([2H])c(C(C)C)c([2H])c(C(C([2H])([2H])[2H])(C([2H])([2H])[2H])C([2H])([2H])[2H])c1[2H]. The molecule has 0 aromatic heterocycles. The van der Waals surface area contributed by atoms with E-state index in [9.17, 15) is 0 Å². The molecule has 0 unspecified atom stereocenters. The van der Waals surface area contributed by atoms with Crippen molar-refractivity contribution in [3.63, 3.8) is 0 Å². The summed E-state index contributed by atoms with van der Waals surface area (Å²) >= 11 is 0. The number of rotatable bonds is 1. The molecular formula is C13H20. The Morgan fingerprint density at radius 1 is 1.31 bits per heavy atom. The van der Waals surface area contributed by atoms with Gasteiger partial charge in [-0.1, -0.05) is 58.6 Å². The van der Waals surface area contributed by atoms with Crippen molar-refractivity contribution in [2.24, 2.45) is 0 Å². The highest BCUT2D eigenvalue weighted by molar-refractivity contribution is 5.30. The van der Waals surface area contributed by atoms with E-state index in [1.165, 1.54) is 0 Å². The maximum atomic E-state index is 8.28. The number of benzene rings is 1. The highest BCUT2D eigenvalue weighted by Crippen LogP contribution is 2.25. The van der Waals surface area contributed by atoms with Gasteiger partial charge in [0.15, 0.2) is 0 Å². The van der Waals surface area contributed by atoms with Crippen LogP contribution in [0.3, 0.4) is 0 Å². The molecule has 0 aliphatic heterocycles. The summed E-state index contributed by atoms with van der Waals surface area (Å²) in [5, 5.41) is 0. The van der Waals surface area contributed by atoms with Gasteiger partial charge in [-0.2, -0.15) is 0 Å². The summed E-state index contributed by atoms with van der Waals surface area (Å²) in [6, 6.07) is -3.15. The Bertz CT molecular complexity index is 654. The van der Waals surface area contributed by atoms with Gasteiger partial charge in [0.25, 0.3) is 0 Å². The normalized spacial score (nSPS) is 29.6. The van der Waals surface area contributed by atoms with Gasteiger partial charge in [-0.3, -0.25) is 0 Å². The Hall–Kier alpha value is -0.780. The first-order chi connectivity index (χ1) is 11.3. The molecule has 0 bridgehead atoms. The quantitative estimate of drug-likeness (QED) is 0.624. The Morgan fingerprint density at radius 3 is 2.54 bits per heavy atom. The van der Waals surface area contributed by atoms with Gasteiger partial charge in [0.05, 0.1) is 5.48 Å². The number of hydrogen-bond donors (Lipinski definition) is 0. The van der Waals surface area contributed by atoms with Crippen molar-refractivity contribution in [3.05, 3.63) is 35.3 Å². The van der Waals surface area contributed by atoms with Crippen LogP contribution in [0.5, 0.6) is 0 Å². The zero-order valence-corrected chi connectivity index (χ0v) is 7.58. The second kappa shape index (κ2) is 3.53. The Balaban J connectivity index is 4.35. The van der Waals surface area contributed by atoms with Crippen LogP contribution in [0.15, 0.2) is 24.2 Å². The van der Waals surface area contributed by atoms with Crippen LogP contribution >= 0.6 is 0 Å². The maximum absolute atomic E-state index is 8.28.